The fourth-order valence-electron chi connectivity index (χ4n) is 3.37. The molecule has 1 aliphatic rings. The van der Waals surface area contributed by atoms with Gasteiger partial charge < -0.3 is 20.1 Å². The smallest absolute Gasteiger partial charge is 0.407 e. The summed E-state index contributed by atoms with van der Waals surface area (Å²) in [5, 5.41) is 12.8. The quantitative estimate of drug-likeness (QED) is 0.647. The number of carboxylic acid groups (broad SMARTS) is 1. The van der Waals surface area contributed by atoms with Crippen molar-refractivity contribution in [2.45, 2.75) is 25.9 Å². The first-order valence-corrected chi connectivity index (χ1v) is 9.28. The Labute approximate surface area is 166 Å². The summed E-state index contributed by atoms with van der Waals surface area (Å²) in [5.41, 5.74) is 2.27. The van der Waals surface area contributed by atoms with Crippen LogP contribution in [0.5, 0.6) is 5.75 Å². The van der Waals surface area contributed by atoms with Crippen LogP contribution in [0.4, 0.5) is 20.7 Å². The number of hydrogen-bond acceptors (Lipinski definition) is 6. The van der Waals surface area contributed by atoms with Crippen molar-refractivity contribution in [3.05, 3.63) is 48.3 Å². The van der Waals surface area contributed by atoms with Gasteiger partial charge in [-0.05, 0) is 30.7 Å². The van der Waals surface area contributed by atoms with Gasteiger partial charge in [0, 0.05) is 43.1 Å². The maximum atomic E-state index is 13.5. The van der Waals surface area contributed by atoms with E-state index in [1.807, 2.05) is 25.1 Å². The molecule has 3 heterocycles. The number of benzene rings is 1. The molecule has 1 saturated heterocycles. The molecule has 0 radical (unpaired) electrons. The highest BCUT2D eigenvalue weighted by Crippen LogP contribution is 2.28. The topological polar surface area (TPSA) is 100 Å². The van der Waals surface area contributed by atoms with E-state index in [1.54, 1.807) is 0 Å². The number of ether oxygens (including phenoxy) is 1. The van der Waals surface area contributed by atoms with Crippen molar-refractivity contribution in [3.8, 4) is 5.75 Å². The van der Waals surface area contributed by atoms with E-state index < -0.39 is 12.0 Å². The van der Waals surface area contributed by atoms with Gasteiger partial charge in [0.1, 0.15) is 24.0 Å². The molecule has 1 aromatic carbocycles. The highest BCUT2D eigenvalue weighted by Gasteiger charge is 2.23. The van der Waals surface area contributed by atoms with E-state index in [1.165, 1.54) is 23.5 Å². The molecule has 4 rings (SSSR count). The number of nitrogens with one attached hydrogen (secondary N) is 1. The molecule has 2 aromatic heterocycles. The highest BCUT2D eigenvalue weighted by molar-refractivity contribution is 5.89. The van der Waals surface area contributed by atoms with Crippen LogP contribution < -0.4 is 10.1 Å². The van der Waals surface area contributed by atoms with Gasteiger partial charge in [0.15, 0.2) is 0 Å². The van der Waals surface area contributed by atoms with Crippen molar-refractivity contribution in [2.24, 2.45) is 0 Å². The second kappa shape index (κ2) is 7.86. The maximum Gasteiger partial charge on any atom is 0.407 e. The summed E-state index contributed by atoms with van der Waals surface area (Å²) in [6.07, 6.45) is 3.21. The van der Waals surface area contributed by atoms with Crippen molar-refractivity contribution in [1.29, 1.82) is 0 Å². The predicted octanol–water partition coefficient (Wildman–Crippen LogP) is 3.74. The lowest BCUT2D eigenvalue weighted by Gasteiger charge is -2.30. The Bertz CT molecular complexity index is 1050. The zero-order valence-corrected chi connectivity index (χ0v) is 15.8. The molecular formula is C20H20FN5O3. The van der Waals surface area contributed by atoms with Gasteiger partial charge in [-0.3, -0.25) is 0 Å². The largest absolute Gasteiger partial charge is 0.490 e. The van der Waals surface area contributed by atoms with Crippen molar-refractivity contribution in [3.63, 3.8) is 0 Å². The Hall–Kier alpha value is -3.49. The van der Waals surface area contributed by atoms with E-state index in [-0.39, 0.29) is 6.10 Å². The third-order valence-electron chi connectivity index (χ3n) is 4.93. The Kier molecular flexibility index (Phi) is 5.11. The molecule has 0 saturated carbocycles. The lowest BCUT2D eigenvalue weighted by atomic mass is 10.1. The number of fused-ring (bicyclic) bond motifs is 1. The zero-order valence-electron chi connectivity index (χ0n) is 15.8. The van der Waals surface area contributed by atoms with Crippen molar-refractivity contribution in [2.75, 3.05) is 18.4 Å². The molecule has 150 valence electrons. The van der Waals surface area contributed by atoms with Gasteiger partial charge >= 0.3 is 6.09 Å². The first kappa shape index (κ1) is 18.9. The molecule has 1 aliphatic heterocycles. The van der Waals surface area contributed by atoms with E-state index in [9.17, 15) is 9.18 Å². The Balaban J connectivity index is 1.47. The second-order valence-electron chi connectivity index (χ2n) is 6.94. The predicted molar refractivity (Wildman–Crippen MR) is 105 cm³/mol. The Morgan fingerprint density at radius 2 is 2.03 bits per heavy atom. The van der Waals surface area contributed by atoms with E-state index in [4.69, 9.17) is 9.84 Å². The number of halogens is 1. The molecule has 0 aliphatic carbocycles. The summed E-state index contributed by atoms with van der Waals surface area (Å²) in [6.45, 7) is 2.89. The summed E-state index contributed by atoms with van der Waals surface area (Å²) >= 11 is 0. The number of nitrogens with zero attached hydrogens (tertiary/aromatic N) is 4. The monoisotopic (exact) mass is 397 g/mol. The van der Waals surface area contributed by atoms with Crippen LogP contribution in [0.15, 0.2) is 36.8 Å². The molecule has 1 amide bonds. The molecule has 8 nitrogen and oxygen atoms in total. The van der Waals surface area contributed by atoms with Crippen LogP contribution >= 0.6 is 0 Å². The van der Waals surface area contributed by atoms with E-state index in [0.717, 1.165) is 17.0 Å². The van der Waals surface area contributed by atoms with Crippen LogP contribution in [0.3, 0.4) is 0 Å². The number of aromatic nitrogens is 3. The molecule has 29 heavy (non-hydrogen) atoms. The lowest BCUT2D eigenvalue weighted by Crippen LogP contribution is -2.41. The number of rotatable bonds is 4. The van der Waals surface area contributed by atoms with Crippen molar-refractivity contribution in [1.82, 2.24) is 19.9 Å². The summed E-state index contributed by atoms with van der Waals surface area (Å²) in [4.78, 5) is 24.3. The summed E-state index contributed by atoms with van der Waals surface area (Å²) < 4.78 is 19.6. The third-order valence-corrected chi connectivity index (χ3v) is 4.93. The van der Waals surface area contributed by atoms with Crippen LogP contribution in [0, 0.1) is 12.9 Å². The number of likely N-dealkylation sites (tertiary alicyclic amines) is 1. The first-order valence-electron chi connectivity index (χ1n) is 9.28. The standard InChI is InChI=1S/C20H20FN5O3/c1-12-8-13(25-19-15-9-18(21)22-10-16(15)23-11-24-19)2-3-17(12)29-14-4-6-26(7-5-14)20(27)28/h2-3,8-11,14H,4-7H2,1H3,(H,27,28)(H,23,24,25). The third kappa shape index (κ3) is 4.18. The van der Waals surface area contributed by atoms with Gasteiger partial charge in [-0.25, -0.2) is 19.7 Å². The molecule has 0 spiro atoms. The van der Waals surface area contributed by atoms with Crippen LogP contribution in [0.25, 0.3) is 10.9 Å². The molecule has 2 N–H and O–H groups in total. The minimum Gasteiger partial charge on any atom is -0.490 e. The van der Waals surface area contributed by atoms with Crippen LogP contribution in [-0.2, 0) is 0 Å². The molecule has 0 unspecified atom stereocenters. The molecule has 0 bridgehead atoms. The minimum atomic E-state index is -0.886. The van der Waals surface area contributed by atoms with Crippen molar-refractivity contribution < 1.29 is 19.0 Å². The average molecular weight is 397 g/mol. The van der Waals surface area contributed by atoms with Crippen LogP contribution in [0.2, 0.25) is 0 Å². The fraction of sp³-hybridized carbons (Fsp3) is 0.300. The molecule has 1 fully saturated rings. The van der Waals surface area contributed by atoms with E-state index in [0.29, 0.717) is 42.7 Å². The van der Waals surface area contributed by atoms with Gasteiger partial charge in [0.05, 0.1) is 11.7 Å². The number of hydrogen-bond donors (Lipinski definition) is 2. The summed E-state index contributed by atoms with van der Waals surface area (Å²) in [6, 6.07) is 6.95. The summed E-state index contributed by atoms with van der Waals surface area (Å²) in [7, 11) is 0. The SMILES string of the molecule is Cc1cc(Nc2ncnc3cnc(F)cc23)ccc1OC1CCN(C(=O)O)CC1. The van der Waals surface area contributed by atoms with Crippen molar-refractivity contribution >= 4 is 28.5 Å². The second-order valence-corrected chi connectivity index (χ2v) is 6.94. The molecule has 9 heteroatoms. The van der Waals surface area contributed by atoms with E-state index >= 15 is 0 Å². The van der Waals surface area contributed by atoms with Gasteiger partial charge in [0.2, 0.25) is 5.95 Å². The molecular weight excluding hydrogens is 377 g/mol. The number of anilines is 2. The lowest BCUT2D eigenvalue weighted by molar-refractivity contribution is 0.0891. The van der Waals surface area contributed by atoms with Crippen LogP contribution in [-0.4, -0.2) is 50.2 Å². The molecule has 0 atom stereocenters. The number of amides is 1. The zero-order chi connectivity index (χ0) is 20.4. The number of aryl methyl sites for hydroxylation is 1. The van der Waals surface area contributed by atoms with E-state index in [2.05, 4.69) is 20.3 Å². The summed E-state index contributed by atoms with van der Waals surface area (Å²) in [5.74, 6) is 0.654. The maximum absolute atomic E-state index is 13.5. The highest BCUT2D eigenvalue weighted by atomic mass is 19.1. The van der Waals surface area contributed by atoms with Gasteiger partial charge in [-0.1, -0.05) is 0 Å². The normalized spacial score (nSPS) is 14.8. The first-order chi connectivity index (χ1) is 14.0. The van der Waals surface area contributed by atoms with Crippen LogP contribution in [0.1, 0.15) is 18.4 Å². The van der Waals surface area contributed by atoms with Gasteiger partial charge in [-0.2, -0.15) is 4.39 Å². The minimum absolute atomic E-state index is 0.00982. The van der Waals surface area contributed by atoms with Gasteiger partial charge in [-0.15, -0.1) is 0 Å². The number of pyridine rings is 1. The fourth-order valence-corrected chi connectivity index (χ4v) is 3.37. The molecule has 3 aromatic rings. The Morgan fingerprint density at radius 3 is 2.76 bits per heavy atom. The average Bonchev–Trinajstić information content (AvgIpc) is 2.71. The number of carbonyl (C=O) groups is 1. The van der Waals surface area contributed by atoms with Gasteiger partial charge in [0.25, 0.3) is 0 Å². The number of piperidine rings is 1. The Morgan fingerprint density at radius 1 is 1.24 bits per heavy atom.